The van der Waals surface area contributed by atoms with Crippen LogP contribution in [0.2, 0.25) is 0 Å². The van der Waals surface area contributed by atoms with Gasteiger partial charge in [-0.05, 0) is 64.2 Å². The van der Waals surface area contributed by atoms with Crippen molar-refractivity contribution in [1.29, 1.82) is 0 Å². The summed E-state index contributed by atoms with van der Waals surface area (Å²) in [5, 5.41) is 3.73. The number of likely N-dealkylation sites (tertiary alicyclic amines) is 1. The Labute approximate surface area is 124 Å². The fraction of sp³-hybridized carbons (Fsp3) is 0.667. The molecule has 0 saturated carbocycles. The van der Waals surface area contributed by atoms with E-state index in [2.05, 4.69) is 63.0 Å². The molecule has 0 spiro atoms. The van der Waals surface area contributed by atoms with Gasteiger partial charge in [0.15, 0.2) is 0 Å². The summed E-state index contributed by atoms with van der Waals surface area (Å²) in [6.07, 6.45) is 2.53. The Hall–Kier alpha value is -0.860. The summed E-state index contributed by atoms with van der Waals surface area (Å²) in [5.41, 5.74) is 4.50. The van der Waals surface area contributed by atoms with Crippen LogP contribution >= 0.6 is 0 Å². The van der Waals surface area contributed by atoms with Crippen molar-refractivity contribution in [1.82, 2.24) is 10.2 Å². The molecule has 0 aromatic heterocycles. The standard InChI is InChI=1S/C18H30N2/c1-14-6-7-16(12-15(14)2)13-19-17-8-10-20(11-9-17)18(3,4)5/h6-7,12,17,19H,8-11,13H2,1-5H3. The smallest absolute Gasteiger partial charge is 0.0208 e. The Bertz CT molecular complexity index is 437. The summed E-state index contributed by atoms with van der Waals surface area (Å²) >= 11 is 0. The first-order valence-electron chi connectivity index (χ1n) is 7.91. The van der Waals surface area contributed by atoms with Crippen molar-refractivity contribution in [2.24, 2.45) is 0 Å². The molecule has 0 unspecified atom stereocenters. The van der Waals surface area contributed by atoms with Crippen molar-refractivity contribution in [3.63, 3.8) is 0 Å². The van der Waals surface area contributed by atoms with Crippen molar-refractivity contribution in [2.75, 3.05) is 13.1 Å². The first kappa shape index (κ1) is 15.5. The van der Waals surface area contributed by atoms with Gasteiger partial charge in [0.25, 0.3) is 0 Å². The molecule has 1 aliphatic heterocycles. The Morgan fingerprint density at radius 2 is 1.75 bits per heavy atom. The number of hydrogen-bond acceptors (Lipinski definition) is 2. The average molecular weight is 274 g/mol. The second-order valence-electron chi connectivity index (χ2n) is 7.23. The highest BCUT2D eigenvalue weighted by Crippen LogP contribution is 2.20. The van der Waals surface area contributed by atoms with E-state index in [0.717, 1.165) is 6.54 Å². The minimum absolute atomic E-state index is 0.318. The van der Waals surface area contributed by atoms with Crippen molar-refractivity contribution < 1.29 is 0 Å². The summed E-state index contributed by atoms with van der Waals surface area (Å²) in [6.45, 7) is 14.8. The maximum atomic E-state index is 3.73. The monoisotopic (exact) mass is 274 g/mol. The number of hydrogen-bond donors (Lipinski definition) is 1. The maximum absolute atomic E-state index is 3.73. The zero-order valence-electron chi connectivity index (χ0n) is 13.8. The lowest BCUT2D eigenvalue weighted by Gasteiger charge is -2.41. The van der Waals surface area contributed by atoms with Gasteiger partial charge in [-0.1, -0.05) is 18.2 Å². The molecule has 1 aromatic rings. The van der Waals surface area contributed by atoms with Gasteiger partial charge in [-0.2, -0.15) is 0 Å². The average Bonchev–Trinajstić information content (AvgIpc) is 2.40. The molecule has 0 atom stereocenters. The number of benzene rings is 1. The number of aryl methyl sites for hydroxylation is 2. The molecule has 2 heteroatoms. The molecule has 0 aliphatic carbocycles. The van der Waals surface area contributed by atoms with Crippen LogP contribution < -0.4 is 5.32 Å². The SMILES string of the molecule is Cc1ccc(CNC2CCN(C(C)(C)C)CC2)cc1C. The lowest BCUT2D eigenvalue weighted by Crippen LogP contribution is -2.49. The normalized spacial score (nSPS) is 18.4. The van der Waals surface area contributed by atoms with Crippen molar-refractivity contribution in [2.45, 2.75) is 65.6 Å². The van der Waals surface area contributed by atoms with Crippen molar-refractivity contribution >= 4 is 0 Å². The molecule has 2 nitrogen and oxygen atoms in total. The third-order valence-corrected chi connectivity index (χ3v) is 4.61. The van der Waals surface area contributed by atoms with E-state index in [1.54, 1.807) is 0 Å². The van der Waals surface area contributed by atoms with Crippen molar-refractivity contribution in [3.8, 4) is 0 Å². The van der Waals surface area contributed by atoms with E-state index in [-0.39, 0.29) is 0 Å². The van der Waals surface area contributed by atoms with Crippen LogP contribution in [0.5, 0.6) is 0 Å². The van der Waals surface area contributed by atoms with Gasteiger partial charge >= 0.3 is 0 Å². The largest absolute Gasteiger partial charge is 0.310 e. The topological polar surface area (TPSA) is 15.3 Å². The highest BCUT2D eigenvalue weighted by Gasteiger charge is 2.26. The predicted octanol–water partition coefficient (Wildman–Crippen LogP) is 3.66. The highest BCUT2D eigenvalue weighted by molar-refractivity contribution is 5.29. The molecule has 1 saturated heterocycles. The third kappa shape index (κ3) is 4.07. The van der Waals surface area contributed by atoms with Crippen LogP contribution in [0.15, 0.2) is 18.2 Å². The summed E-state index contributed by atoms with van der Waals surface area (Å²) < 4.78 is 0. The van der Waals surface area contributed by atoms with Gasteiger partial charge in [0.05, 0.1) is 0 Å². The van der Waals surface area contributed by atoms with Gasteiger partial charge in [-0.15, -0.1) is 0 Å². The van der Waals surface area contributed by atoms with Crippen molar-refractivity contribution in [3.05, 3.63) is 34.9 Å². The minimum Gasteiger partial charge on any atom is -0.310 e. The van der Waals surface area contributed by atoms with Gasteiger partial charge < -0.3 is 5.32 Å². The summed E-state index contributed by atoms with van der Waals surface area (Å²) in [7, 11) is 0. The van der Waals surface area contributed by atoms with Crippen LogP contribution in [0.4, 0.5) is 0 Å². The molecule has 1 aliphatic rings. The Morgan fingerprint density at radius 1 is 1.10 bits per heavy atom. The van der Waals surface area contributed by atoms with E-state index in [0.29, 0.717) is 11.6 Å². The van der Waals surface area contributed by atoms with Gasteiger partial charge in [-0.25, -0.2) is 0 Å². The van der Waals surface area contributed by atoms with E-state index in [1.807, 2.05) is 0 Å². The van der Waals surface area contributed by atoms with Crippen LogP contribution in [0, 0.1) is 13.8 Å². The number of piperidine rings is 1. The fourth-order valence-corrected chi connectivity index (χ4v) is 2.93. The molecular weight excluding hydrogens is 244 g/mol. The Kier molecular flexibility index (Phi) is 4.87. The first-order valence-corrected chi connectivity index (χ1v) is 7.91. The molecule has 1 fully saturated rings. The van der Waals surface area contributed by atoms with E-state index in [4.69, 9.17) is 0 Å². The Morgan fingerprint density at radius 3 is 2.30 bits per heavy atom. The minimum atomic E-state index is 0.318. The van der Waals surface area contributed by atoms with Crippen LogP contribution in [-0.2, 0) is 6.54 Å². The molecule has 1 N–H and O–H groups in total. The zero-order chi connectivity index (χ0) is 14.8. The van der Waals surface area contributed by atoms with Gasteiger partial charge in [-0.3, -0.25) is 4.90 Å². The summed E-state index contributed by atoms with van der Waals surface area (Å²) in [4.78, 5) is 2.60. The summed E-state index contributed by atoms with van der Waals surface area (Å²) in [6, 6.07) is 7.47. The van der Waals surface area contributed by atoms with E-state index >= 15 is 0 Å². The van der Waals surface area contributed by atoms with Crippen LogP contribution in [0.25, 0.3) is 0 Å². The van der Waals surface area contributed by atoms with E-state index in [9.17, 15) is 0 Å². The number of nitrogens with one attached hydrogen (secondary N) is 1. The lowest BCUT2D eigenvalue weighted by atomic mass is 9.98. The van der Waals surface area contributed by atoms with Gasteiger partial charge in [0.2, 0.25) is 0 Å². The van der Waals surface area contributed by atoms with E-state index < -0.39 is 0 Å². The maximum Gasteiger partial charge on any atom is 0.0208 e. The molecule has 0 radical (unpaired) electrons. The van der Waals surface area contributed by atoms with Gasteiger partial charge in [0.1, 0.15) is 0 Å². The fourth-order valence-electron chi connectivity index (χ4n) is 2.93. The highest BCUT2D eigenvalue weighted by atomic mass is 15.2. The molecule has 1 heterocycles. The second-order valence-corrected chi connectivity index (χ2v) is 7.23. The molecule has 0 amide bonds. The van der Waals surface area contributed by atoms with Crippen LogP contribution in [-0.4, -0.2) is 29.6 Å². The van der Waals surface area contributed by atoms with Crippen LogP contribution in [0.3, 0.4) is 0 Å². The number of nitrogens with zero attached hydrogens (tertiary/aromatic N) is 1. The Balaban J connectivity index is 1.80. The molecule has 112 valence electrons. The lowest BCUT2D eigenvalue weighted by molar-refractivity contribution is 0.0960. The molecular formula is C18H30N2. The van der Waals surface area contributed by atoms with E-state index in [1.165, 1.54) is 42.6 Å². The second kappa shape index (κ2) is 6.28. The zero-order valence-corrected chi connectivity index (χ0v) is 13.8. The molecule has 0 bridgehead atoms. The molecule has 20 heavy (non-hydrogen) atoms. The molecule has 2 rings (SSSR count). The van der Waals surface area contributed by atoms with Gasteiger partial charge in [0, 0.05) is 31.2 Å². The summed E-state index contributed by atoms with van der Waals surface area (Å²) in [5.74, 6) is 0. The predicted molar refractivity (Wildman–Crippen MR) is 87.1 cm³/mol. The van der Waals surface area contributed by atoms with Crippen LogP contribution in [0.1, 0.15) is 50.3 Å². The number of rotatable bonds is 3. The first-order chi connectivity index (χ1) is 9.36. The quantitative estimate of drug-likeness (QED) is 0.905. The molecule has 1 aromatic carbocycles. The third-order valence-electron chi connectivity index (χ3n) is 4.61.